The third-order valence-corrected chi connectivity index (χ3v) is 4.95. The molecule has 158 valence electrons. The lowest BCUT2D eigenvalue weighted by atomic mass is 9.84. The number of rotatable bonds is 7. The molecule has 0 spiro atoms. The highest BCUT2D eigenvalue weighted by Crippen LogP contribution is 2.36. The first kappa shape index (κ1) is 21.3. The summed E-state index contributed by atoms with van der Waals surface area (Å²) in [5, 5.41) is 3.98. The van der Waals surface area contributed by atoms with E-state index in [1.165, 1.54) is 12.1 Å². The van der Waals surface area contributed by atoms with Crippen molar-refractivity contribution in [1.29, 1.82) is 0 Å². The molecule has 1 aliphatic rings. The molecule has 1 aromatic heterocycles. The number of hydrogen-bond donors (Lipinski definition) is 0. The summed E-state index contributed by atoms with van der Waals surface area (Å²) >= 11 is 0. The van der Waals surface area contributed by atoms with Crippen LogP contribution in [0.4, 0.5) is 13.2 Å². The van der Waals surface area contributed by atoms with E-state index < -0.39 is 11.7 Å². The summed E-state index contributed by atoms with van der Waals surface area (Å²) in [5.41, 5.74) is 0.0608. The fraction of sp³-hybridized carbons (Fsp3) is 0.550. The third-order valence-electron chi connectivity index (χ3n) is 4.95. The molecule has 2 heterocycles. The van der Waals surface area contributed by atoms with Crippen molar-refractivity contribution in [2.75, 3.05) is 19.7 Å². The van der Waals surface area contributed by atoms with Crippen molar-refractivity contribution in [3.05, 3.63) is 47.1 Å². The van der Waals surface area contributed by atoms with Gasteiger partial charge in [-0.25, -0.2) is 0 Å². The second-order valence-electron chi connectivity index (χ2n) is 7.53. The van der Waals surface area contributed by atoms with E-state index in [1.54, 1.807) is 4.90 Å². The summed E-state index contributed by atoms with van der Waals surface area (Å²) in [6.07, 6.45) is -2.38. The molecule has 2 atom stereocenters. The summed E-state index contributed by atoms with van der Waals surface area (Å²) in [6.45, 7) is 5.24. The van der Waals surface area contributed by atoms with E-state index >= 15 is 0 Å². The van der Waals surface area contributed by atoms with Crippen LogP contribution in [0, 0.1) is 0 Å². The molecule has 0 bridgehead atoms. The number of piperidine rings is 1. The summed E-state index contributed by atoms with van der Waals surface area (Å²) in [6, 6.07) is 5.09. The largest absolute Gasteiger partial charge is 0.416 e. The predicted octanol–water partition coefficient (Wildman–Crippen LogP) is 3.79. The molecule has 9 heteroatoms. The zero-order valence-corrected chi connectivity index (χ0v) is 16.4. The Morgan fingerprint density at radius 3 is 2.55 bits per heavy atom. The first-order valence-electron chi connectivity index (χ1n) is 9.57. The third kappa shape index (κ3) is 5.56. The Balaban J connectivity index is 1.71. The minimum Gasteiger partial charge on any atom is -0.378 e. The number of benzene rings is 1. The van der Waals surface area contributed by atoms with Crippen LogP contribution in [0.5, 0.6) is 0 Å². The maximum atomic E-state index is 12.8. The monoisotopic (exact) mass is 411 g/mol. The Morgan fingerprint density at radius 1 is 1.24 bits per heavy atom. The summed E-state index contributed by atoms with van der Waals surface area (Å²) in [7, 11) is 0. The van der Waals surface area contributed by atoms with Crippen molar-refractivity contribution in [1.82, 2.24) is 15.0 Å². The maximum absolute atomic E-state index is 12.8. The van der Waals surface area contributed by atoms with E-state index in [2.05, 4.69) is 10.1 Å². The van der Waals surface area contributed by atoms with Crippen LogP contribution >= 0.6 is 0 Å². The molecule has 1 aliphatic heterocycles. The molecule has 2 aromatic rings. The number of amides is 1. The van der Waals surface area contributed by atoms with Gasteiger partial charge in [0.2, 0.25) is 12.3 Å². The Morgan fingerprint density at radius 2 is 1.93 bits per heavy atom. The van der Waals surface area contributed by atoms with Gasteiger partial charge in [-0.2, -0.15) is 18.2 Å². The van der Waals surface area contributed by atoms with Gasteiger partial charge in [0.1, 0.15) is 0 Å². The molecule has 1 fully saturated rings. The second-order valence-corrected chi connectivity index (χ2v) is 7.53. The van der Waals surface area contributed by atoms with Crippen LogP contribution in [0.15, 0.2) is 28.8 Å². The van der Waals surface area contributed by atoms with E-state index in [-0.39, 0.29) is 17.9 Å². The van der Waals surface area contributed by atoms with Crippen LogP contribution < -0.4 is 0 Å². The number of carbonyl (C=O) groups is 1. The Kier molecular flexibility index (Phi) is 6.56. The summed E-state index contributed by atoms with van der Waals surface area (Å²) < 4.78 is 49.3. The molecule has 6 nitrogen and oxygen atoms in total. The summed E-state index contributed by atoms with van der Waals surface area (Å²) in [5.74, 6) is 0.692. The number of alkyl halides is 3. The molecule has 1 amide bonds. The predicted molar refractivity (Wildman–Crippen MR) is 98.3 cm³/mol. The van der Waals surface area contributed by atoms with Crippen LogP contribution in [0.1, 0.15) is 54.9 Å². The highest BCUT2D eigenvalue weighted by molar-refractivity contribution is 5.48. The van der Waals surface area contributed by atoms with Gasteiger partial charge in [0, 0.05) is 25.4 Å². The second kappa shape index (κ2) is 8.94. The van der Waals surface area contributed by atoms with E-state index in [1.807, 2.05) is 13.8 Å². The lowest BCUT2D eigenvalue weighted by Crippen LogP contribution is -2.37. The molecule has 2 unspecified atom stereocenters. The maximum Gasteiger partial charge on any atom is 0.416 e. The number of ether oxygens (including phenoxy) is 1. The minimum absolute atomic E-state index is 0.110. The van der Waals surface area contributed by atoms with Crippen molar-refractivity contribution < 1.29 is 27.2 Å². The van der Waals surface area contributed by atoms with Crippen molar-refractivity contribution in [2.24, 2.45) is 0 Å². The van der Waals surface area contributed by atoms with E-state index in [4.69, 9.17) is 9.26 Å². The van der Waals surface area contributed by atoms with Crippen LogP contribution in [0.2, 0.25) is 0 Å². The topological polar surface area (TPSA) is 68.5 Å². The van der Waals surface area contributed by atoms with Crippen LogP contribution in [-0.4, -0.2) is 47.3 Å². The minimum atomic E-state index is -4.37. The highest BCUT2D eigenvalue weighted by atomic mass is 19.4. The van der Waals surface area contributed by atoms with E-state index in [9.17, 15) is 18.0 Å². The van der Waals surface area contributed by atoms with Gasteiger partial charge in [-0.1, -0.05) is 17.3 Å². The van der Waals surface area contributed by atoms with Gasteiger partial charge in [0.15, 0.2) is 5.82 Å². The van der Waals surface area contributed by atoms with E-state index in [0.29, 0.717) is 44.3 Å². The molecular formula is C20H24F3N3O3. The standard InChI is InChI=1S/C20H24F3N3O3/c1-13(2)28-8-7-18-24-19(29-25-18)16-9-15(10-26(11-16)12-27)14-3-5-17(6-4-14)20(21,22)23/h3-6,12-13,15-16H,7-11H2,1-2H3. The molecule has 0 radical (unpaired) electrons. The number of nitrogens with zero attached hydrogens (tertiary/aromatic N) is 3. The number of halogens is 3. The van der Waals surface area contributed by atoms with Crippen LogP contribution in [0.3, 0.4) is 0 Å². The van der Waals surface area contributed by atoms with Crippen LogP contribution in [0.25, 0.3) is 0 Å². The average Bonchev–Trinajstić information content (AvgIpc) is 3.16. The van der Waals surface area contributed by atoms with Gasteiger partial charge in [0.05, 0.1) is 24.2 Å². The van der Waals surface area contributed by atoms with Gasteiger partial charge in [-0.3, -0.25) is 4.79 Å². The lowest BCUT2D eigenvalue weighted by molar-refractivity contribution is -0.137. The molecular weight excluding hydrogens is 387 g/mol. The highest BCUT2D eigenvalue weighted by Gasteiger charge is 2.33. The average molecular weight is 411 g/mol. The van der Waals surface area contributed by atoms with Gasteiger partial charge >= 0.3 is 6.18 Å². The van der Waals surface area contributed by atoms with Crippen molar-refractivity contribution in [3.63, 3.8) is 0 Å². The Hall–Kier alpha value is -2.42. The van der Waals surface area contributed by atoms with Gasteiger partial charge < -0.3 is 14.2 Å². The quantitative estimate of drug-likeness (QED) is 0.649. The summed E-state index contributed by atoms with van der Waals surface area (Å²) in [4.78, 5) is 17.4. The number of aromatic nitrogens is 2. The SMILES string of the molecule is CC(C)OCCc1noc(C2CC(c3ccc(C(F)(F)F)cc3)CN(C=O)C2)n1. The molecule has 0 aliphatic carbocycles. The van der Waals surface area contributed by atoms with E-state index in [0.717, 1.165) is 24.1 Å². The zero-order chi connectivity index (χ0) is 21.0. The van der Waals surface area contributed by atoms with Gasteiger partial charge in [0.25, 0.3) is 0 Å². The number of likely N-dealkylation sites (tertiary alicyclic amines) is 1. The first-order chi connectivity index (χ1) is 13.8. The Bertz CT molecular complexity index is 805. The molecule has 1 aromatic carbocycles. The first-order valence-corrected chi connectivity index (χ1v) is 9.57. The molecule has 3 rings (SSSR count). The molecule has 1 saturated heterocycles. The van der Waals surface area contributed by atoms with Crippen molar-refractivity contribution in [3.8, 4) is 0 Å². The van der Waals surface area contributed by atoms with Gasteiger partial charge in [-0.05, 0) is 38.0 Å². The van der Waals surface area contributed by atoms with Crippen molar-refractivity contribution >= 4 is 6.41 Å². The fourth-order valence-electron chi connectivity index (χ4n) is 3.50. The fourth-order valence-corrected chi connectivity index (χ4v) is 3.50. The normalized spacial score (nSPS) is 20.3. The van der Waals surface area contributed by atoms with Gasteiger partial charge in [-0.15, -0.1) is 0 Å². The molecule has 0 N–H and O–H groups in total. The lowest BCUT2D eigenvalue weighted by Gasteiger charge is -2.34. The molecule has 0 saturated carbocycles. The smallest absolute Gasteiger partial charge is 0.378 e. The van der Waals surface area contributed by atoms with Crippen LogP contribution in [-0.2, 0) is 22.1 Å². The number of hydrogen-bond acceptors (Lipinski definition) is 5. The van der Waals surface area contributed by atoms with Crippen molar-refractivity contribution in [2.45, 2.75) is 50.8 Å². The molecule has 29 heavy (non-hydrogen) atoms. The zero-order valence-electron chi connectivity index (χ0n) is 16.4. The Labute approximate surface area is 167 Å². The number of carbonyl (C=O) groups excluding carboxylic acids is 1.